The first-order valence-corrected chi connectivity index (χ1v) is 5.42. The molecule has 0 radical (unpaired) electrons. The molecular formula is C10H18N2O4. The van der Waals surface area contributed by atoms with Gasteiger partial charge < -0.3 is 14.5 Å². The maximum atomic E-state index is 11.5. The van der Waals surface area contributed by atoms with Crippen LogP contribution < -0.4 is 5.48 Å². The minimum atomic E-state index is -0.787. The van der Waals surface area contributed by atoms with Gasteiger partial charge in [-0.15, -0.1) is 5.48 Å². The van der Waals surface area contributed by atoms with Crippen molar-refractivity contribution in [2.45, 2.75) is 38.1 Å². The van der Waals surface area contributed by atoms with Crippen molar-refractivity contribution in [1.82, 2.24) is 10.4 Å². The zero-order valence-corrected chi connectivity index (χ0v) is 9.69. The minimum absolute atomic E-state index is 0.209. The molecule has 0 atom stereocenters. The summed E-state index contributed by atoms with van der Waals surface area (Å²) in [5.74, 6) is 0. The van der Waals surface area contributed by atoms with Crippen molar-refractivity contribution in [3.05, 3.63) is 0 Å². The number of hydroxylamine groups is 1. The van der Waals surface area contributed by atoms with E-state index >= 15 is 0 Å². The minimum Gasteiger partial charge on any atom is -0.451 e. The number of rotatable bonds is 1. The number of carbonyl (C=O) groups excluding carboxylic acids is 2. The SMILES string of the molecule is COC(=O)NOC(=O)N(C)C1CCCCC1. The molecule has 0 spiro atoms. The lowest BCUT2D eigenvalue weighted by Crippen LogP contribution is -2.41. The van der Waals surface area contributed by atoms with Crippen molar-refractivity contribution in [2.75, 3.05) is 14.2 Å². The molecule has 0 heterocycles. The van der Waals surface area contributed by atoms with Gasteiger partial charge in [0, 0.05) is 13.1 Å². The number of hydrogen-bond donors (Lipinski definition) is 1. The Kier molecular flexibility index (Phi) is 4.88. The van der Waals surface area contributed by atoms with E-state index in [9.17, 15) is 9.59 Å². The number of nitrogens with one attached hydrogen (secondary N) is 1. The van der Waals surface area contributed by atoms with Gasteiger partial charge in [0.2, 0.25) is 0 Å². The Morgan fingerprint density at radius 2 is 1.88 bits per heavy atom. The molecule has 1 N–H and O–H groups in total. The van der Waals surface area contributed by atoms with Crippen molar-refractivity contribution in [3.63, 3.8) is 0 Å². The lowest BCUT2D eigenvalue weighted by molar-refractivity contribution is 0.0415. The second kappa shape index (κ2) is 6.19. The van der Waals surface area contributed by atoms with Gasteiger partial charge in [0.1, 0.15) is 0 Å². The number of amides is 2. The summed E-state index contributed by atoms with van der Waals surface area (Å²) >= 11 is 0. The van der Waals surface area contributed by atoms with E-state index in [4.69, 9.17) is 0 Å². The van der Waals surface area contributed by atoms with E-state index in [1.807, 2.05) is 5.48 Å². The average molecular weight is 230 g/mol. The van der Waals surface area contributed by atoms with Crippen molar-refractivity contribution in [3.8, 4) is 0 Å². The standard InChI is InChI=1S/C10H18N2O4/c1-12(8-6-4-3-5-7-8)10(14)16-11-9(13)15-2/h8H,3-7H2,1-2H3,(H,11,13). The lowest BCUT2D eigenvalue weighted by atomic mass is 9.95. The first-order chi connectivity index (χ1) is 7.65. The van der Waals surface area contributed by atoms with Crippen LogP contribution in [0.5, 0.6) is 0 Å². The van der Waals surface area contributed by atoms with Crippen molar-refractivity contribution in [1.29, 1.82) is 0 Å². The molecule has 0 aliphatic heterocycles. The van der Waals surface area contributed by atoms with E-state index in [-0.39, 0.29) is 6.04 Å². The van der Waals surface area contributed by atoms with Gasteiger partial charge in [-0.3, -0.25) is 0 Å². The highest BCUT2D eigenvalue weighted by Gasteiger charge is 2.23. The Hall–Kier alpha value is -1.46. The Balaban J connectivity index is 2.31. The Morgan fingerprint density at radius 1 is 1.25 bits per heavy atom. The molecule has 0 aromatic heterocycles. The molecule has 0 saturated heterocycles. The topological polar surface area (TPSA) is 67.9 Å². The summed E-state index contributed by atoms with van der Waals surface area (Å²) in [7, 11) is 2.88. The molecule has 1 aliphatic rings. The zero-order chi connectivity index (χ0) is 12.0. The molecule has 2 amide bonds. The van der Waals surface area contributed by atoms with E-state index in [0.717, 1.165) is 25.7 Å². The predicted molar refractivity (Wildman–Crippen MR) is 56.7 cm³/mol. The van der Waals surface area contributed by atoms with E-state index < -0.39 is 12.2 Å². The van der Waals surface area contributed by atoms with Crippen molar-refractivity contribution >= 4 is 12.2 Å². The number of carbonyl (C=O) groups is 2. The fraction of sp³-hybridized carbons (Fsp3) is 0.800. The summed E-state index contributed by atoms with van der Waals surface area (Å²) in [6.45, 7) is 0. The summed E-state index contributed by atoms with van der Waals surface area (Å²) in [5.41, 5.74) is 1.90. The van der Waals surface area contributed by atoms with Gasteiger partial charge in [-0.05, 0) is 12.8 Å². The van der Waals surface area contributed by atoms with Crippen LogP contribution in [0.4, 0.5) is 9.59 Å². The van der Waals surface area contributed by atoms with E-state index in [1.54, 1.807) is 7.05 Å². The van der Waals surface area contributed by atoms with E-state index in [2.05, 4.69) is 9.57 Å². The van der Waals surface area contributed by atoms with Crippen molar-refractivity contribution < 1.29 is 19.2 Å². The van der Waals surface area contributed by atoms with Crippen LogP contribution in [0.3, 0.4) is 0 Å². The van der Waals surface area contributed by atoms with Gasteiger partial charge in [0.05, 0.1) is 7.11 Å². The highest BCUT2D eigenvalue weighted by Crippen LogP contribution is 2.21. The normalized spacial score (nSPS) is 16.4. The highest BCUT2D eigenvalue weighted by molar-refractivity contribution is 5.71. The Labute approximate surface area is 94.8 Å². The molecule has 1 rings (SSSR count). The number of nitrogens with zero attached hydrogens (tertiary/aromatic N) is 1. The molecule has 6 heteroatoms. The van der Waals surface area contributed by atoms with Crippen molar-refractivity contribution in [2.24, 2.45) is 0 Å². The fourth-order valence-corrected chi connectivity index (χ4v) is 1.82. The number of methoxy groups -OCH3 is 1. The van der Waals surface area contributed by atoms with Crippen LogP contribution in [0.25, 0.3) is 0 Å². The predicted octanol–water partition coefficient (Wildman–Crippen LogP) is 1.66. The molecule has 1 aliphatic carbocycles. The maximum absolute atomic E-state index is 11.5. The molecule has 6 nitrogen and oxygen atoms in total. The summed E-state index contributed by atoms with van der Waals surface area (Å²) in [6.07, 6.45) is 4.12. The zero-order valence-electron chi connectivity index (χ0n) is 9.69. The molecule has 1 saturated carbocycles. The maximum Gasteiger partial charge on any atom is 0.440 e. The quantitative estimate of drug-likeness (QED) is 0.695. The average Bonchev–Trinajstić information content (AvgIpc) is 2.35. The molecule has 0 aromatic rings. The number of hydrogen-bond acceptors (Lipinski definition) is 4. The third kappa shape index (κ3) is 3.60. The van der Waals surface area contributed by atoms with Gasteiger partial charge >= 0.3 is 12.2 Å². The van der Waals surface area contributed by atoms with Crippen LogP contribution in [0.2, 0.25) is 0 Å². The largest absolute Gasteiger partial charge is 0.451 e. The summed E-state index contributed by atoms with van der Waals surface area (Å²) in [5, 5.41) is 0. The van der Waals surface area contributed by atoms with Gasteiger partial charge in [-0.1, -0.05) is 19.3 Å². The highest BCUT2D eigenvalue weighted by atomic mass is 16.7. The lowest BCUT2D eigenvalue weighted by Gasteiger charge is -2.29. The molecule has 0 aromatic carbocycles. The van der Waals surface area contributed by atoms with E-state index in [1.165, 1.54) is 18.4 Å². The van der Waals surface area contributed by atoms with Crippen LogP contribution in [0, 0.1) is 0 Å². The Morgan fingerprint density at radius 3 is 2.44 bits per heavy atom. The monoisotopic (exact) mass is 230 g/mol. The molecule has 0 bridgehead atoms. The summed E-state index contributed by atoms with van der Waals surface area (Å²) in [4.78, 5) is 28.3. The van der Waals surface area contributed by atoms with Gasteiger partial charge in [0.15, 0.2) is 0 Å². The first-order valence-electron chi connectivity index (χ1n) is 5.42. The molecule has 92 valence electrons. The molecule has 16 heavy (non-hydrogen) atoms. The third-order valence-electron chi connectivity index (χ3n) is 2.82. The van der Waals surface area contributed by atoms with Crippen LogP contribution >= 0.6 is 0 Å². The van der Waals surface area contributed by atoms with Crippen LogP contribution in [0.1, 0.15) is 32.1 Å². The fourth-order valence-electron chi connectivity index (χ4n) is 1.82. The van der Waals surface area contributed by atoms with E-state index in [0.29, 0.717) is 0 Å². The Bertz CT molecular complexity index is 251. The number of ether oxygens (including phenoxy) is 1. The molecule has 0 unspecified atom stereocenters. The van der Waals surface area contributed by atoms with Gasteiger partial charge in [-0.25, -0.2) is 9.59 Å². The molecule has 1 fully saturated rings. The summed E-state index contributed by atoms with van der Waals surface area (Å²) in [6, 6.07) is 0.209. The summed E-state index contributed by atoms with van der Waals surface area (Å²) < 4.78 is 4.28. The van der Waals surface area contributed by atoms with Crippen LogP contribution in [-0.2, 0) is 9.57 Å². The van der Waals surface area contributed by atoms with Crippen LogP contribution in [0.15, 0.2) is 0 Å². The second-order valence-electron chi connectivity index (χ2n) is 3.86. The second-order valence-corrected chi connectivity index (χ2v) is 3.86. The smallest absolute Gasteiger partial charge is 0.440 e. The first kappa shape index (κ1) is 12.6. The molecular weight excluding hydrogens is 212 g/mol. The van der Waals surface area contributed by atoms with Gasteiger partial charge in [-0.2, -0.15) is 0 Å². The van der Waals surface area contributed by atoms with Crippen LogP contribution in [-0.4, -0.2) is 37.3 Å². The third-order valence-corrected chi connectivity index (χ3v) is 2.82. The van der Waals surface area contributed by atoms with Gasteiger partial charge in [0.25, 0.3) is 0 Å².